The van der Waals surface area contributed by atoms with Gasteiger partial charge in [-0.1, -0.05) is 44.5 Å². The molecule has 0 aliphatic rings. The second-order valence-corrected chi connectivity index (χ2v) is 7.02. The number of hydrogen-bond donors (Lipinski definition) is 1. The molecule has 156 valence electrons. The van der Waals surface area contributed by atoms with Crippen molar-refractivity contribution < 1.29 is 18.4 Å². The lowest BCUT2D eigenvalue weighted by Crippen LogP contribution is -2.49. The van der Waals surface area contributed by atoms with Gasteiger partial charge >= 0.3 is 0 Å². The predicted octanol–water partition coefficient (Wildman–Crippen LogP) is 4.23. The molecule has 0 saturated heterocycles. The van der Waals surface area contributed by atoms with Crippen LogP contribution in [0.15, 0.2) is 48.5 Å². The van der Waals surface area contributed by atoms with Gasteiger partial charge in [-0.05, 0) is 48.2 Å². The van der Waals surface area contributed by atoms with E-state index < -0.39 is 6.04 Å². The van der Waals surface area contributed by atoms with Crippen molar-refractivity contribution in [2.24, 2.45) is 0 Å². The highest BCUT2D eigenvalue weighted by molar-refractivity contribution is 5.88. The average molecular weight is 402 g/mol. The fraction of sp³-hybridized carbons (Fsp3) is 0.391. The number of halogens is 2. The number of hydrogen-bond acceptors (Lipinski definition) is 2. The number of nitrogens with one attached hydrogen (secondary N) is 1. The third-order valence-electron chi connectivity index (χ3n) is 4.75. The quantitative estimate of drug-likeness (QED) is 0.605. The highest BCUT2D eigenvalue weighted by Crippen LogP contribution is 2.15. The van der Waals surface area contributed by atoms with Gasteiger partial charge in [-0.15, -0.1) is 0 Å². The minimum atomic E-state index is -0.634. The van der Waals surface area contributed by atoms with Crippen molar-refractivity contribution in [1.29, 1.82) is 0 Å². The monoisotopic (exact) mass is 402 g/mol. The van der Waals surface area contributed by atoms with E-state index in [1.807, 2.05) is 13.8 Å². The number of rotatable bonds is 10. The molecule has 0 fully saturated rings. The molecule has 0 aliphatic heterocycles. The van der Waals surface area contributed by atoms with Crippen LogP contribution in [0.2, 0.25) is 0 Å². The smallest absolute Gasteiger partial charge is 0.242 e. The number of carbonyl (C=O) groups excluding carboxylic acids is 2. The summed E-state index contributed by atoms with van der Waals surface area (Å²) in [5.74, 6) is -1.16. The first-order chi connectivity index (χ1) is 13.9. The SMILES string of the molecule is CCCCNC(=O)C(CC)N(Cc1ccc(F)cc1)C(=O)Cc1ccc(F)cc1. The summed E-state index contributed by atoms with van der Waals surface area (Å²) in [6.45, 7) is 4.64. The molecule has 0 saturated carbocycles. The Morgan fingerprint density at radius 3 is 2.00 bits per heavy atom. The standard InChI is InChI=1S/C23H28F2N2O2/c1-3-5-14-26-23(29)21(4-2)27(16-18-8-12-20(25)13-9-18)22(28)15-17-6-10-19(24)11-7-17/h6-13,21H,3-5,14-16H2,1-2H3,(H,26,29). The maximum absolute atomic E-state index is 13.3. The molecule has 29 heavy (non-hydrogen) atoms. The molecule has 0 radical (unpaired) electrons. The van der Waals surface area contributed by atoms with Crippen molar-refractivity contribution in [3.05, 3.63) is 71.3 Å². The van der Waals surface area contributed by atoms with Crippen LogP contribution in [-0.2, 0) is 22.6 Å². The first-order valence-corrected chi connectivity index (χ1v) is 10.0. The summed E-state index contributed by atoms with van der Waals surface area (Å²) in [7, 11) is 0. The molecule has 2 aromatic rings. The molecule has 6 heteroatoms. The van der Waals surface area contributed by atoms with Crippen LogP contribution in [0.4, 0.5) is 8.78 Å². The van der Waals surface area contributed by atoms with Gasteiger partial charge in [0.1, 0.15) is 17.7 Å². The zero-order chi connectivity index (χ0) is 21.2. The first kappa shape index (κ1) is 22.5. The van der Waals surface area contributed by atoms with E-state index in [4.69, 9.17) is 0 Å². The summed E-state index contributed by atoms with van der Waals surface area (Å²) in [4.78, 5) is 27.3. The number of amides is 2. The lowest BCUT2D eigenvalue weighted by molar-refractivity contribution is -0.140. The largest absolute Gasteiger partial charge is 0.354 e. The Labute approximate surface area is 170 Å². The van der Waals surface area contributed by atoms with Gasteiger partial charge in [0, 0.05) is 13.1 Å². The van der Waals surface area contributed by atoms with Crippen LogP contribution in [0.25, 0.3) is 0 Å². The fourth-order valence-electron chi connectivity index (χ4n) is 3.09. The lowest BCUT2D eigenvalue weighted by Gasteiger charge is -2.31. The van der Waals surface area contributed by atoms with Gasteiger partial charge in [0.15, 0.2) is 0 Å². The first-order valence-electron chi connectivity index (χ1n) is 10.0. The molecule has 1 atom stereocenters. The van der Waals surface area contributed by atoms with Gasteiger partial charge in [0.25, 0.3) is 0 Å². The number of carbonyl (C=O) groups is 2. The molecule has 0 bridgehead atoms. The molecule has 1 unspecified atom stereocenters. The highest BCUT2D eigenvalue weighted by Gasteiger charge is 2.28. The van der Waals surface area contributed by atoms with E-state index in [1.54, 1.807) is 24.3 Å². The molecule has 2 rings (SSSR count). The van der Waals surface area contributed by atoms with Gasteiger partial charge in [-0.25, -0.2) is 8.78 Å². The van der Waals surface area contributed by atoms with Gasteiger partial charge < -0.3 is 10.2 Å². The minimum Gasteiger partial charge on any atom is -0.354 e. The highest BCUT2D eigenvalue weighted by atomic mass is 19.1. The van der Waals surface area contributed by atoms with Crippen LogP contribution >= 0.6 is 0 Å². The average Bonchev–Trinajstić information content (AvgIpc) is 2.71. The van der Waals surface area contributed by atoms with Crippen LogP contribution in [0.5, 0.6) is 0 Å². The van der Waals surface area contributed by atoms with E-state index in [1.165, 1.54) is 29.2 Å². The van der Waals surface area contributed by atoms with Crippen molar-refractivity contribution in [1.82, 2.24) is 10.2 Å². The minimum absolute atomic E-state index is 0.0558. The summed E-state index contributed by atoms with van der Waals surface area (Å²) < 4.78 is 26.4. The van der Waals surface area contributed by atoms with E-state index >= 15 is 0 Å². The Morgan fingerprint density at radius 1 is 0.931 bits per heavy atom. The number of unbranched alkanes of at least 4 members (excludes halogenated alkanes) is 1. The van der Waals surface area contributed by atoms with Crippen LogP contribution in [-0.4, -0.2) is 29.3 Å². The van der Waals surface area contributed by atoms with Crippen molar-refractivity contribution in [3.63, 3.8) is 0 Å². The Kier molecular flexibility index (Phi) is 8.77. The molecule has 2 amide bonds. The number of nitrogens with zero attached hydrogens (tertiary/aromatic N) is 1. The topological polar surface area (TPSA) is 49.4 Å². The van der Waals surface area contributed by atoms with Gasteiger partial charge in [-0.3, -0.25) is 9.59 Å². The normalized spacial score (nSPS) is 11.7. The maximum atomic E-state index is 13.3. The number of benzene rings is 2. The Hall–Kier alpha value is -2.76. The van der Waals surface area contributed by atoms with E-state index in [2.05, 4.69) is 5.32 Å². The molecule has 4 nitrogen and oxygen atoms in total. The molecule has 0 aliphatic carbocycles. The maximum Gasteiger partial charge on any atom is 0.242 e. The second kappa shape index (κ2) is 11.3. The predicted molar refractivity (Wildman–Crippen MR) is 109 cm³/mol. The van der Waals surface area contributed by atoms with Gasteiger partial charge in [0.2, 0.25) is 11.8 Å². The van der Waals surface area contributed by atoms with Crippen LogP contribution < -0.4 is 5.32 Å². The van der Waals surface area contributed by atoms with E-state index in [0.717, 1.165) is 18.4 Å². The molecule has 2 aromatic carbocycles. The van der Waals surface area contributed by atoms with Crippen LogP contribution in [0, 0.1) is 11.6 Å². The Morgan fingerprint density at radius 2 is 1.48 bits per heavy atom. The summed E-state index contributed by atoms with van der Waals surface area (Å²) >= 11 is 0. The Balaban J connectivity index is 2.22. The summed E-state index contributed by atoms with van der Waals surface area (Å²) in [5, 5.41) is 2.89. The third-order valence-corrected chi connectivity index (χ3v) is 4.75. The van der Waals surface area contributed by atoms with Crippen molar-refractivity contribution in [3.8, 4) is 0 Å². The van der Waals surface area contributed by atoms with Crippen LogP contribution in [0.3, 0.4) is 0 Å². The molecule has 0 aromatic heterocycles. The van der Waals surface area contributed by atoms with E-state index in [-0.39, 0.29) is 36.4 Å². The molecule has 1 N–H and O–H groups in total. The zero-order valence-electron chi connectivity index (χ0n) is 17.0. The van der Waals surface area contributed by atoms with Crippen molar-refractivity contribution >= 4 is 11.8 Å². The molecule has 0 heterocycles. The van der Waals surface area contributed by atoms with E-state index in [9.17, 15) is 18.4 Å². The third kappa shape index (κ3) is 6.97. The fourth-order valence-corrected chi connectivity index (χ4v) is 3.09. The summed E-state index contributed by atoms with van der Waals surface area (Å²) in [6.07, 6.45) is 2.33. The summed E-state index contributed by atoms with van der Waals surface area (Å²) in [5.41, 5.74) is 1.40. The van der Waals surface area contributed by atoms with Gasteiger partial charge in [-0.2, -0.15) is 0 Å². The zero-order valence-corrected chi connectivity index (χ0v) is 17.0. The van der Waals surface area contributed by atoms with E-state index in [0.29, 0.717) is 18.5 Å². The second-order valence-electron chi connectivity index (χ2n) is 7.02. The molecular weight excluding hydrogens is 374 g/mol. The van der Waals surface area contributed by atoms with Gasteiger partial charge in [0.05, 0.1) is 6.42 Å². The van der Waals surface area contributed by atoms with Crippen molar-refractivity contribution in [2.45, 2.75) is 52.1 Å². The van der Waals surface area contributed by atoms with Crippen LogP contribution in [0.1, 0.15) is 44.2 Å². The molecule has 0 spiro atoms. The van der Waals surface area contributed by atoms with Crippen molar-refractivity contribution in [2.75, 3.05) is 6.54 Å². The summed E-state index contributed by atoms with van der Waals surface area (Å²) in [6, 6.07) is 11.0. The lowest BCUT2D eigenvalue weighted by atomic mass is 10.1. The molecular formula is C23H28F2N2O2. The Bertz CT molecular complexity index is 792.